The van der Waals surface area contributed by atoms with Crippen molar-refractivity contribution in [1.29, 1.82) is 0 Å². The van der Waals surface area contributed by atoms with Gasteiger partial charge in [0, 0.05) is 0 Å². The molecule has 1 saturated carbocycles. The first-order valence-electron chi connectivity index (χ1n) is 5.74. The topological polar surface area (TPSA) is 37.3 Å². The molecule has 1 aliphatic carbocycles. The fourth-order valence-electron chi connectivity index (χ4n) is 2.16. The van der Waals surface area contributed by atoms with E-state index in [0.29, 0.717) is 0 Å². The van der Waals surface area contributed by atoms with E-state index < -0.39 is 7.99 Å². The van der Waals surface area contributed by atoms with Crippen LogP contribution in [0, 0.1) is 0 Å². The minimum absolute atomic E-state index is 0.861. The normalized spacial score (nSPS) is 17.1. The molecular formula is C12H17F2O2P. The number of rotatable bonds is 1. The van der Waals surface area contributed by atoms with E-state index in [1.54, 1.807) is 5.56 Å². The van der Waals surface area contributed by atoms with Gasteiger partial charge in [0.05, 0.1) is 0 Å². The third-order valence-corrected chi connectivity index (χ3v) is 2.88. The summed E-state index contributed by atoms with van der Waals surface area (Å²) in [5.41, 5.74) is 1.55. The highest BCUT2D eigenvalue weighted by Gasteiger charge is 2.14. The van der Waals surface area contributed by atoms with Crippen LogP contribution in [0.3, 0.4) is 0 Å². The average molecular weight is 262 g/mol. The SMILES string of the molecule is O=P(O)(F)F.c1ccc(C2CCCCC2)cc1. The highest BCUT2D eigenvalue weighted by molar-refractivity contribution is 7.46. The van der Waals surface area contributed by atoms with Crippen LogP contribution < -0.4 is 0 Å². The van der Waals surface area contributed by atoms with Gasteiger partial charge in [-0.3, -0.25) is 4.89 Å². The van der Waals surface area contributed by atoms with E-state index in [0.717, 1.165) is 5.92 Å². The summed E-state index contributed by atoms with van der Waals surface area (Å²) < 4.78 is 28.7. The highest BCUT2D eigenvalue weighted by atomic mass is 31.2. The van der Waals surface area contributed by atoms with Crippen molar-refractivity contribution in [2.75, 3.05) is 0 Å². The standard InChI is InChI=1S/C12H16.F2HO2P/c1-3-7-11(8-4-1)12-9-5-2-6-10-12;1-5(2,3)4/h1,3-4,7-8,12H,2,5-6,9-10H2;(H,3,4). The summed E-state index contributed by atoms with van der Waals surface area (Å²) in [4.78, 5) is 6.74. The van der Waals surface area contributed by atoms with Gasteiger partial charge >= 0.3 is 7.99 Å². The van der Waals surface area contributed by atoms with Crippen LogP contribution in [0.25, 0.3) is 0 Å². The maximum Gasteiger partial charge on any atom is 0.549 e. The van der Waals surface area contributed by atoms with Gasteiger partial charge in [-0.05, 0) is 24.3 Å². The zero-order valence-electron chi connectivity index (χ0n) is 9.56. The Morgan fingerprint density at radius 2 is 1.53 bits per heavy atom. The lowest BCUT2D eigenvalue weighted by atomic mass is 9.84. The smallest absolute Gasteiger partial charge is 0.296 e. The molecule has 5 heteroatoms. The van der Waals surface area contributed by atoms with Crippen molar-refractivity contribution in [1.82, 2.24) is 0 Å². The van der Waals surface area contributed by atoms with Gasteiger partial charge in [-0.2, -0.15) is 0 Å². The zero-order valence-corrected chi connectivity index (χ0v) is 10.5. The molecule has 17 heavy (non-hydrogen) atoms. The summed E-state index contributed by atoms with van der Waals surface area (Å²) in [6.07, 6.45) is 7.12. The number of hydrogen-bond acceptors (Lipinski definition) is 1. The number of hydrogen-bond donors (Lipinski definition) is 1. The molecule has 0 atom stereocenters. The van der Waals surface area contributed by atoms with Crippen LogP contribution in [0.15, 0.2) is 30.3 Å². The van der Waals surface area contributed by atoms with Gasteiger partial charge in [-0.1, -0.05) is 49.6 Å². The van der Waals surface area contributed by atoms with E-state index in [4.69, 9.17) is 9.46 Å². The second kappa shape index (κ2) is 6.87. The Hall–Kier alpha value is -0.730. The van der Waals surface area contributed by atoms with Gasteiger partial charge in [0.25, 0.3) is 0 Å². The van der Waals surface area contributed by atoms with Crippen molar-refractivity contribution in [2.24, 2.45) is 0 Å². The molecule has 1 aromatic rings. The van der Waals surface area contributed by atoms with Crippen molar-refractivity contribution >= 4 is 7.99 Å². The van der Waals surface area contributed by atoms with E-state index in [2.05, 4.69) is 30.3 Å². The molecule has 0 amide bonds. The Morgan fingerprint density at radius 3 is 2.00 bits per heavy atom. The molecule has 2 rings (SSSR count). The molecule has 1 N–H and O–H groups in total. The first kappa shape index (κ1) is 14.3. The molecule has 0 saturated heterocycles. The van der Waals surface area contributed by atoms with Crippen LogP contribution in [0.5, 0.6) is 0 Å². The number of halogens is 2. The predicted octanol–water partition coefficient (Wildman–Crippen LogP) is 4.76. The van der Waals surface area contributed by atoms with Crippen molar-refractivity contribution in [3.05, 3.63) is 35.9 Å². The van der Waals surface area contributed by atoms with Gasteiger partial charge in [-0.15, -0.1) is 8.39 Å². The maximum atomic E-state index is 10.1. The van der Waals surface area contributed by atoms with Crippen LogP contribution in [-0.2, 0) is 4.57 Å². The second-order valence-electron chi connectivity index (χ2n) is 4.18. The molecule has 1 aromatic carbocycles. The molecular weight excluding hydrogens is 245 g/mol. The zero-order chi connectivity index (χ0) is 12.7. The molecule has 2 nitrogen and oxygen atoms in total. The minimum atomic E-state index is -5.64. The van der Waals surface area contributed by atoms with Crippen molar-refractivity contribution in [3.8, 4) is 0 Å². The average Bonchev–Trinajstić information content (AvgIpc) is 2.29. The molecule has 0 radical (unpaired) electrons. The molecule has 1 aliphatic rings. The monoisotopic (exact) mass is 262 g/mol. The first-order chi connectivity index (χ1) is 7.97. The van der Waals surface area contributed by atoms with E-state index in [1.165, 1.54) is 32.1 Å². The van der Waals surface area contributed by atoms with Gasteiger partial charge in [0.15, 0.2) is 0 Å². The third-order valence-electron chi connectivity index (χ3n) is 2.88. The van der Waals surface area contributed by atoms with Crippen LogP contribution in [0.2, 0.25) is 0 Å². The van der Waals surface area contributed by atoms with E-state index >= 15 is 0 Å². The van der Waals surface area contributed by atoms with Crippen LogP contribution in [0.4, 0.5) is 8.39 Å². The maximum absolute atomic E-state index is 10.1. The van der Waals surface area contributed by atoms with E-state index in [-0.39, 0.29) is 0 Å². The lowest BCUT2D eigenvalue weighted by Gasteiger charge is -2.21. The Labute approximate surface area is 100 Å². The summed E-state index contributed by atoms with van der Waals surface area (Å²) in [6.45, 7) is 0. The highest BCUT2D eigenvalue weighted by Crippen LogP contribution is 2.43. The first-order valence-corrected chi connectivity index (χ1v) is 7.18. The van der Waals surface area contributed by atoms with Gasteiger partial charge in [-0.25, -0.2) is 4.57 Å². The van der Waals surface area contributed by atoms with Crippen molar-refractivity contribution in [2.45, 2.75) is 38.0 Å². The summed E-state index contributed by atoms with van der Waals surface area (Å²) in [5, 5.41) is 0. The summed E-state index contributed by atoms with van der Waals surface area (Å²) in [7, 11) is -5.64. The molecule has 0 aliphatic heterocycles. The second-order valence-corrected chi connectivity index (χ2v) is 5.05. The molecule has 1 fully saturated rings. The lowest BCUT2D eigenvalue weighted by molar-refractivity contribution is 0.376. The summed E-state index contributed by atoms with van der Waals surface area (Å²) >= 11 is 0. The van der Waals surface area contributed by atoms with Gasteiger partial charge in [0.2, 0.25) is 0 Å². The third kappa shape index (κ3) is 7.24. The molecule has 0 spiro atoms. The fraction of sp³-hybridized carbons (Fsp3) is 0.500. The van der Waals surface area contributed by atoms with Crippen LogP contribution >= 0.6 is 7.99 Å². The van der Waals surface area contributed by atoms with E-state index in [1.807, 2.05) is 0 Å². The number of benzene rings is 1. The van der Waals surface area contributed by atoms with E-state index in [9.17, 15) is 8.39 Å². The lowest BCUT2D eigenvalue weighted by Crippen LogP contribution is -2.03. The van der Waals surface area contributed by atoms with Crippen molar-refractivity contribution in [3.63, 3.8) is 0 Å². The quantitative estimate of drug-likeness (QED) is 0.741. The van der Waals surface area contributed by atoms with Gasteiger partial charge in [0.1, 0.15) is 0 Å². The molecule has 0 aromatic heterocycles. The molecule has 0 bridgehead atoms. The molecule has 0 unspecified atom stereocenters. The summed E-state index contributed by atoms with van der Waals surface area (Å²) in [6, 6.07) is 11.0. The Balaban J connectivity index is 0.000000249. The minimum Gasteiger partial charge on any atom is -0.296 e. The Morgan fingerprint density at radius 1 is 1.06 bits per heavy atom. The van der Waals surface area contributed by atoms with Gasteiger partial charge < -0.3 is 0 Å². The Bertz CT molecular complexity index is 350. The van der Waals surface area contributed by atoms with Crippen LogP contribution in [-0.4, -0.2) is 4.89 Å². The largest absolute Gasteiger partial charge is 0.549 e. The fourth-order valence-corrected chi connectivity index (χ4v) is 2.16. The van der Waals surface area contributed by atoms with Crippen molar-refractivity contribution < 1.29 is 17.9 Å². The van der Waals surface area contributed by atoms with Crippen LogP contribution in [0.1, 0.15) is 43.6 Å². The predicted molar refractivity (Wildman–Crippen MR) is 64.3 cm³/mol. The molecule has 96 valence electrons. The molecule has 0 heterocycles. The summed E-state index contributed by atoms with van der Waals surface area (Å²) in [5.74, 6) is 0.861. The Kier molecular flexibility index (Phi) is 5.79.